The van der Waals surface area contributed by atoms with E-state index < -0.39 is 256 Å². The number of aliphatic carboxylic acids is 4. The molecule has 1 heterocycles. The molecule has 0 aromatic heterocycles. The molecule has 1 rings (SSSR count). The summed E-state index contributed by atoms with van der Waals surface area (Å²) in [6, 6.07) is 0. The molecule has 2 atom stereocenters. The lowest BCUT2D eigenvalue weighted by Crippen LogP contribution is -2.47. The molecular weight excluding hydrogens is 1850 g/mol. The van der Waals surface area contributed by atoms with Crippen molar-refractivity contribution >= 4 is 143 Å². The SMILES string of the molecule is CCC(=O)NCC(=O)N(CC(=O)O)CC(=O)NCC(=O)CCC(=O)N(CC(=O)O)CC(=O)CCCNC(=O)CN(CC(=O)O)C(=O)CNC(=O)CCC(=O)CN(CC(=O)O)C(=O)CCC(=O)CNC(=O)CCN1CC(=O)CC1=O.CCCCCCCC/C=C/CCCCCCCC(=O)OCC(COP(=O)(O)OCCNC(=O)CCCCC(=O)CC)OC(=O)CCCCCCC/C=C/CCCCCCCC. The van der Waals surface area contributed by atoms with E-state index in [1.54, 1.807) is 0 Å². The van der Waals surface area contributed by atoms with E-state index in [1.165, 1.54) is 95.3 Å². The minimum Gasteiger partial charge on any atom is -0.480 e. The number of allylic oxidation sites excluding steroid dienone is 4. The van der Waals surface area contributed by atoms with Crippen LogP contribution in [0.4, 0.5) is 0 Å². The minimum absolute atomic E-state index is 0.0109. The number of carboxylic acids is 4. The summed E-state index contributed by atoms with van der Waals surface area (Å²) in [4.78, 5) is 293. The molecular formula is C95H154N11O33P. The molecule has 0 aromatic carbocycles. The maximum absolute atomic E-state index is 12.8. The number of carbonyl (C=O) groups is 23. The first kappa shape index (κ1) is 129. The number of rotatable bonds is 87. The van der Waals surface area contributed by atoms with Crippen LogP contribution < -0.4 is 31.9 Å². The third kappa shape index (κ3) is 74.6. The van der Waals surface area contributed by atoms with Gasteiger partial charge in [0.1, 0.15) is 51.7 Å². The molecule has 1 aliphatic rings. The van der Waals surface area contributed by atoms with Crippen LogP contribution in [0.5, 0.6) is 0 Å². The summed E-state index contributed by atoms with van der Waals surface area (Å²) in [6.45, 7) is -3.27. The number of carbonyl (C=O) groups excluding carboxylic acids is 19. The first-order valence-corrected chi connectivity index (χ1v) is 50.4. The number of hydrogen-bond donors (Lipinski definition) is 11. The highest BCUT2D eigenvalue weighted by Gasteiger charge is 2.31. The fourth-order valence-corrected chi connectivity index (χ4v) is 14.2. The molecule has 1 fully saturated rings. The number of ether oxygens (including phenoxy) is 2. The van der Waals surface area contributed by atoms with Crippen molar-refractivity contribution in [3.05, 3.63) is 24.3 Å². The van der Waals surface area contributed by atoms with Crippen molar-refractivity contribution in [2.24, 2.45) is 0 Å². The number of nitrogens with zero attached hydrogens (tertiary/aromatic N) is 5. The highest BCUT2D eigenvalue weighted by atomic mass is 31.2. The fourth-order valence-electron chi connectivity index (χ4n) is 13.5. The van der Waals surface area contributed by atoms with E-state index in [0.717, 1.165) is 70.6 Å². The van der Waals surface area contributed by atoms with Crippen LogP contribution in [-0.2, 0) is 133 Å². The van der Waals surface area contributed by atoms with Crippen LogP contribution in [0.2, 0.25) is 0 Å². The predicted molar refractivity (Wildman–Crippen MR) is 508 cm³/mol. The van der Waals surface area contributed by atoms with Crippen molar-refractivity contribution in [1.82, 2.24) is 56.4 Å². The number of likely N-dealkylation sites (tertiary alicyclic amines) is 1. The molecule has 1 aliphatic heterocycles. The molecule has 0 spiro atoms. The Morgan fingerprint density at radius 3 is 1.19 bits per heavy atom. The monoisotopic (exact) mass is 2010 g/mol. The molecule has 11 amide bonds. The predicted octanol–water partition coefficient (Wildman–Crippen LogP) is 6.52. The van der Waals surface area contributed by atoms with Gasteiger partial charge in [-0.15, -0.1) is 0 Å². The van der Waals surface area contributed by atoms with Crippen LogP contribution in [-0.4, -0.2) is 316 Å². The standard InChI is InChI=1S/C49H90NO10P.C46H64N10O23/c1-4-7-9-11-13-15-17-19-21-23-25-27-29-31-33-39-48(53)57-43-46(44-59-61(55,56)58-42-41-50-47(52)38-36-35-37-45(51)6-3)60-49(54)40-34-32-30-28-26-24-22-20-18-16-14-12-10-8-5-2;1-2-33(62)50-17-41(70)56(27-46(78)79)23-37(66)49-16-29(58)7-10-38(67)53(24-43(72)73)19-30(59)4-3-12-47-36(65)22-55(26-45(76)77)42(71)18-51-34(63)8-5-31(60)20-54(25-44(74)75)39(68)9-6-28(57)15-48-35(64)11-13-52-21-32(61)14-40(52)69/h19-22,46H,4-18,23-44H2,1-3H3,(H,50,52)(H,55,56);2-27H2,1H3,(H,47,65)(H,48,64)(H,49,66)(H,50,62)(H,51,63)(H,72,73)(H,74,75)(H,76,77)(H,78,79)/b21-19+,22-20+;. The van der Waals surface area contributed by atoms with Crippen molar-refractivity contribution in [2.75, 3.05) is 125 Å². The topological polar surface area (TPSA) is 636 Å². The zero-order valence-electron chi connectivity index (χ0n) is 82.3. The number of amides is 11. The zero-order valence-corrected chi connectivity index (χ0v) is 83.2. The fraction of sp³-hybridized carbons (Fsp3) is 0.716. The molecule has 2 unspecified atom stereocenters. The number of esters is 2. The van der Waals surface area contributed by atoms with Crippen LogP contribution in [0.25, 0.3) is 0 Å². The molecule has 792 valence electrons. The van der Waals surface area contributed by atoms with Gasteiger partial charge in [-0.3, -0.25) is 119 Å². The number of carboxylic acid groups (broad SMARTS) is 4. The quantitative estimate of drug-likeness (QED) is 0.0101. The van der Waals surface area contributed by atoms with E-state index in [2.05, 4.69) is 70.1 Å². The van der Waals surface area contributed by atoms with Gasteiger partial charge in [-0.25, -0.2) is 4.57 Å². The van der Waals surface area contributed by atoms with Gasteiger partial charge in [0, 0.05) is 110 Å². The number of phosphoric acid groups is 1. The van der Waals surface area contributed by atoms with Gasteiger partial charge in [0.05, 0.1) is 65.4 Å². The lowest BCUT2D eigenvalue weighted by molar-refractivity contribution is -0.161. The average Bonchev–Trinajstić information content (AvgIpc) is 1.73. The van der Waals surface area contributed by atoms with Crippen LogP contribution in [0.3, 0.4) is 0 Å². The van der Waals surface area contributed by atoms with E-state index in [4.69, 9.17) is 23.6 Å². The summed E-state index contributed by atoms with van der Waals surface area (Å²) in [5, 5.41) is 50.8. The lowest BCUT2D eigenvalue weighted by atomic mass is 10.1. The summed E-state index contributed by atoms with van der Waals surface area (Å²) >= 11 is 0. The van der Waals surface area contributed by atoms with Gasteiger partial charge < -0.3 is 91.2 Å². The van der Waals surface area contributed by atoms with Crippen LogP contribution >= 0.6 is 7.82 Å². The number of ketones is 6. The maximum Gasteiger partial charge on any atom is 0.472 e. The molecule has 45 heteroatoms. The Labute approximate surface area is 819 Å². The molecule has 44 nitrogen and oxygen atoms in total. The zero-order chi connectivity index (χ0) is 105. The third-order valence-corrected chi connectivity index (χ3v) is 22.4. The Kier molecular flexibility index (Phi) is 74.7. The first-order valence-electron chi connectivity index (χ1n) is 48.9. The second-order valence-electron chi connectivity index (χ2n) is 33.9. The van der Waals surface area contributed by atoms with Gasteiger partial charge in [0.25, 0.3) is 0 Å². The van der Waals surface area contributed by atoms with Gasteiger partial charge >= 0.3 is 43.6 Å². The van der Waals surface area contributed by atoms with Crippen molar-refractivity contribution < 1.29 is 159 Å². The van der Waals surface area contributed by atoms with E-state index in [0.29, 0.717) is 58.1 Å². The highest BCUT2D eigenvalue weighted by Crippen LogP contribution is 2.43. The molecule has 0 radical (unpaired) electrons. The summed E-state index contributed by atoms with van der Waals surface area (Å²) in [5.41, 5.74) is 0. The second kappa shape index (κ2) is 81.3. The van der Waals surface area contributed by atoms with Crippen LogP contribution in [0.15, 0.2) is 24.3 Å². The lowest BCUT2D eigenvalue weighted by Gasteiger charge is -2.21. The van der Waals surface area contributed by atoms with Crippen molar-refractivity contribution in [3.63, 3.8) is 0 Å². The first-order chi connectivity index (χ1) is 66.7. The van der Waals surface area contributed by atoms with Gasteiger partial charge in [-0.1, -0.05) is 155 Å². The second-order valence-corrected chi connectivity index (χ2v) is 35.4. The Morgan fingerprint density at radius 1 is 0.350 bits per heavy atom. The molecule has 1 saturated heterocycles. The third-order valence-electron chi connectivity index (χ3n) is 21.4. The Hall–Kier alpha value is -11.4. The van der Waals surface area contributed by atoms with Gasteiger partial charge in [-0.05, 0) is 83.5 Å². The molecule has 0 saturated carbocycles. The van der Waals surface area contributed by atoms with E-state index in [1.807, 2.05) is 6.92 Å². The molecule has 0 aliphatic carbocycles. The number of Topliss-reactive ketones (excluding diaryl/α,β-unsaturated/α-hetero) is 6. The number of unbranched alkanes of at least 4 members (excludes halogenated alkanes) is 23. The minimum atomic E-state index is -4.57. The Morgan fingerprint density at radius 2 is 0.729 bits per heavy atom. The van der Waals surface area contributed by atoms with Crippen LogP contribution in [0.1, 0.15) is 310 Å². The summed E-state index contributed by atoms with van der Waals surface area (Å²) in [7, 11) is -4.57. The van der Waals surface area contributed by atoms with Crippen molar-refractivity contribution in [1.29, 1.82) is 0 Å². The maximum atomic E-state index is 12.8. The van der Waals surface area contributed by atoms with Gasteiger partial charge in [-0.2, -0.15) is 0 Å². The highest BCUT2D eigenvalue weighted by molar-refractivity contribution is 7.47. The molecule has 0 aromatic rings. The number of hydrogen-bond acceptors (Lipinski definition) is 28. The Balaban J connectivity index is 0.00000286. The number of nitrogens with one attached hydrogen (secondary N) is 6. The smallest absolute Gasteiger partial charge is 0.472 e. The largest absolute Gasteiger partial charge is 0.480 e. The van der Waals surface area contributed by atoms with E-state index in [-0.39, 0.29) is 108 Å². The summed E-state index contributed by atoms with van der Waals surface area (Å²) < 4.78 is 33.7. The van der Waals surface area contributed by atoms with E-state index in [9.17, 15) is 135 Å². The van der Waals surface area contributed by atoms with Gasteiger partial charge in [0.15, 0.2) is 35.0 Å². The molecule has 11 N–H and O–H groups in total. The number of phosphoric ester groups is 1. The summed E-state index contributed by atoms with van der Waals surface area (Å²) in [5.74, 6) is -18.3. The molecule has 0 bridgehead atoms. The van der Waals surface area contributed by atoms with Crippen molar-refractivity contribution in [2.45, 2.75) is 316 Å². The van der Waals surface area contributed by atoms with Crippen LogP contribution in [0, 0.1) is 0 Å². The normalized spacial score (nSPS) is 12.2. The molecule has 140 heavy (non-hydrogen) atoms. The Bertz CT molecular complexity index is 4030. The van der Waals surface area contributed by atoms with Gasteiger partial charge in [0.2, 0.25) is 65.0 Å². The van der Waals surface area contributed by atoms with E-state index >= 15 is 0 Å². The van der Waals surface area contributed by atoms with Crippen molar-refractivity contribution in [3.8, 4) is 0 Å². The summed E-state index contributed by atoms with van der Waals surface area (Å²) in [6.07, 6.45) is 36.7. The average molecular weight is 2010 g/mol.